The number of carbonyl (C=O) groups is 2. The van der Waals surface area contributed by atoms with Crippen molar-refractivity contribution in [2.75, 3.05) is 19.6 Å². The number of hydrogen-bond acceptors (Lipinski definition) is 4. The maximum Gasteiger partial charge on any atom is 0.253 e. The number of amides is 2. The van der Waals surface area contributed by atoms with Crippen LogP contribution in [0.15, 0.2) is 29.6 Å². The number of thiazole rings is 1. The topological polar surface area (TPSA) is 62.3 Å². The average Bonchev–Trinajstić information content (AvgIpc) is 3.15. The van der Waals surface area contributed by atoms with Crippen LogP contribution in [0.25, 0.3) is 0 Å². The summed E-state index contributed by atoms with van der Waals surface area (Å²) in [5, 5.41) is 6.34. The third kappa shape index (κ3) is 4.86. The molecule has 2 aromatic rings. The minimum Gasteiger partial charge on any atom is -0.355 e. The molecule has 6 heteroatoms. The summed E-state index contributed by atoms with van der Waals surface area (Å²) in [6.45, 7) is 4.25. The molecule has 154 valence electrons. The lowest BCUT2D eigenvalue weighted by Gasteiger charge is -2.31. The van der Waals surface area contributed by atoms with E-state index < -0.39 is 0 Å². The summed E-state index contributed by atoms with van der Waals surface area (Å²) in [5.41, 5.74) is 2.96. The lowest BCUT2D eigenvalue weighted by Crippen LogP contribution is -2.38. The predicted octanol–water partition coefficient (Wildman–Crippen LogP) is 3.93. The van der Waals surface area contributed by atoms with E-state index >= 15 is 0 Å². The van der Waals surface area contributed by atoms with Gasteiger partial charge < -0.3 is 10.2 Å². The molecule has 0 unspecified atom stereocenters. The summed E-state index contributed by atoms with van der Waals surface area (Å²) in [5.74, 6) is 1.01. The molecule has 1 aromatic carbocycles. The summed E-state index contributed by atoms with van der Waals surface area (Å²) in [7, 11) is 0. The van der Waals surface area contributed by atoms with Gasteiger partial charge in [-0.1, -0.05) is 24.1 Å². The number of aryl methyl sites for hydroxylation is 1. The highest BCUT2D eigenvalue weighted by molar-refractivity contribution is 7.09. The van der Waals surface area contributed by atoms with Crippen molar-refractivity contribution < 1.29 is 9.59 Å². The Morgan fingerprint density at radius 1 is 1.21 bits per heavy atom. The highest BCUT2D eigenvalue weighted by Crippen LogP contribution is 2.31. The predicted molar refractivity (Wildman–Crippen MR) is 115 cm³/mol. The first-order chi connectivity index (χ1) is 14.1. The van der Waals surface area contributed by atoms with Crippen molar-refractivity contribution in [1.29, 1.82) is 0 Å². The van der Waals surface area contributed by atoms with Crippen LogP contribution < -0.4 is 5.32 Å². The van der Waals surface area contributed by atoms with Gasteiger partial charge in [0, 0.05) is 48.8 Å². The number of nitrogens with one attached hydrogen (secondary N) is 1. The molecule has 1 aliphatic carbocycles. The molecular formula is C23H29N3O2S. The van der Waals surface area contributed by atoms with Crippen LogP contribution >= 0.6 is 11.3 Å². The van der Waals surface area contributed by atoms with Crippen molar-refractivity contribution in [2.45, 2.75) is 51.4 Å². The fourth-order valence-electron chi connectivity index (χ4n) is 4.04. The summed E-state index contributed by atoms with van der Waals surface area (Å²) in [6.07, 6.45) is 5.98. The maximum atomic E-state index is 12.7. The Morgan fingerprint density at radius 3 is 2.69 bits per heavy atom. The Kier molecular flexibility index (Phi) is 6.28. The van der Waals surface area contributed by atoms with Crippen LogP contribution in [0, 0.1) is 12.8 Å². The Bertz CT molecular complexity index is 867. The van der Waals surface area contributed by atoms with Gasteiger partial charge in [0.25, 0.3) is 5.91 Å². The number of aromatic nitrogens is 1. The lowest BCUT2D eigenvalue weighted by molar-refractivity contribution is -0.127. The van der Waals surface area contributed by atoms with Crippen molar-refractivity contribution in [1.82, 2.24) is 15.2 Å². The van der Waals surface area contributed by atoms with E-state index in [0.29, 0.717) is 12.5 Å². The second-order valence-electron chi connectivity index (χ2n) is 8.28. The van der Waals surface area contributed by atoms with Crippen LogP contribution in [-0.2, 0) is 11.2 Å². The van der Waals surface area contributed by atoms with Gasteiger partial charge in [-0.3, -0.25) is 9.59 Å². The van der Waals surface area contributed by atoms with Gasteiger partial charge in [-0.15, -0.1) is 11.3 Å². The second-order valence-corrected chi connectivity index (χ2v) is 9.17. The molecule has 1 aliphatic heterocycles. The van der Waals surface area contributed by atoms with E-state index in [1.165, 1.54) is 11.4 Å². The standard InChI is InChI=1S/C23H29N3O2S/c1-16-4-2-7-19(14-16)23(28)26-12-9-18(10-13-26)22-25-20(15-29-22)8-11-24-21(27)17-5-3-6-17/h2,4,7,14-15,17-18H,3,5-6,8-13H2,1H3,(H,24,27). The monoisotopic (exact) mass is 411 g/mol. The molecular weight excluding hydrogens is 382 g/mol. The highest BCUT2D eigenvalue weighted by Gasteiger charge is 2.27. The Balaban J connectivity index is 1.24. The molecule has 1 N–H and O–H groups in total. The van der Waals surface area contributed by atoms with Crippen LogP contribution in [0.2, 0.25) is 0 Å². The van der Waals surface area contributed by atoms with Gasteiger partial charge in [0.05, 0.1) is 10.7 Å². The third-order valence-electron chi connectivity index (χ3n) is 6.12. The van der Waals surface area contributed by atoms with Gasteiger partial charge in [-0.2, -0.15) is 0 Å². The zero-order chi connectivity index (χ0) is 20.2. The van der Waals surface area contributed by atoms with Gasteiger partial charge >= 0.3 is 0 Å². The molecule has 0 atom stereocenters. The summed E-state index contributed by atoms with van der Waals surface area (Å²) in [6, 6.07) is 7.83. The third-order valence-corrected chi connectivity index (χ3v) is 7.18. The second kappa shape index (κ2) is 9.08. The number of likely N-dealkylation sites (tertiary alicyclic amines) is 1. The zero-order valence-electron chi connectivity index (χ0n) is 17.0. The Morgan fingerprint density at radius 2 is 2.00 bits per heavy atom. The van der Waals surface area contributed by atoms with Crippen molar-refractivity contribution >= 4 is 23.2 Å². The van der Waals surface area contributed by atoms with Gasteiger partial charge in [-0.05, 0) is 44.7 Å². The first-order valence-corrected chi connectivity index (χ1v) is 11.6. The molecule has 2 amide bonds. The Hall–Kier alpha value is -2.21. The fraction of sp³-hybridized carbons (Fsp3) is 0.522. The van der Waals surface area contributed by atoms with Crippen molar-refractivity contribution in [3.63, 3.8) is 0 Å². The van der Waals surface area contributed by atoms with Gasteiger partial charge in [-0.25, -0.2) is 4.98 Å². The SMILES string of the molecule is Cc1cccc(C(=O)N2CCC(c3nc(CCNC(=O)C4CCC4)cs3)CC2)c1. The summed E-state index contributed by atoms with van der Waals surface area (Å²) in [4.78, 5) is 31.4. The molecule has 0 spiro atoms. The van der Waals surface area contributed by atoms with E-state index in [1.807, 2.05) is 36.1 Å². The quantitative estimate of drug-likeness (QED) is 0.783. The Labute approximate surface area is 176 Å². The van der Waals surface area contributed by atoms with E-state index in [4.69, 9.17) is 4.98 Å². The van der Waals surface area contributed by atoms with Gasteiger partial charge in [0.15, 0.2) is 0 Å². The molecule has 2 aliphatic rings. The van der Waals surface area contributed by atoms with E-state index in [2.05, 4.69) is 10.7 Å². The minimum absolute atomic E-state index is 0.134. The van der Waals surface area contributed by atoms with Crippen molar-refractivity contribution in [2.24, 2.45) is 5.92 Å². The van der Waals surface area contributed by atoms with Crippen LogP contribution in [0.4, 0.5) is 0 Å². The maximum absolute atomic E-state index is 12.7. The number of rotatable bonds is 6. The van der Waals surface area contributed by atoms with Gasteiger partial charge in [0.2, 0.25) is 5.91 Å². The minimum atomic E-state index is 0.134. The van der Waals surface area contributed by atoms with E-state index in [0.717, 1.165) is 62.0 Å². The number of nitrogens with zero attached hydrogens (tertiary/aromatic N) is 2. The highest BCUT2D eigenvalue weighted by atomic mass is 32.1. The van der Waals surface area contributed by atoms with Crippen LogP contribution in [0.1, 0.15) is 64.6 Å². The van der Waals surface area contributed by atoms with Crippen LogP contribution in [-0.4, -0.2) is 41.3 Å². The molecule has 2 heterocycles. The lowest BCUT2D eigenvalue weighted by atomic mass is 9.85. The molecule has 1 saturated heterocycles. The molecule has 0 bridgehead atoms. The summed E-state index contributed by atoms with van der Waals surface area (Å²) < 4.78 is 0. The first-order valence-electron chi connectivity index (χ1n) is 10.7. The number of carbonyl (C=O) groups excluding carboxylic acids is 2. The smallest absolute Gasteiger partial charge is 0.253 e. The number of piperidine rings is 1. The zero-order valence-corrected chi connectivity index (χ0v) is 17.8. The van der Waals surface area contributed by atoms with Crippen molar-refractivity contribution in [3.8, 4) is 0 Å². The fourth-order valence-corrected chi connectivity index (χ4v) is 5.07. The number of hydrogen-bond donors (Lipinski definition) is 1. The molecule has 1 saturated carbocycles. The van der Waals surface area contributed by atoms with Crippen LogP contribution in [0.5, 0.6) is 0 Å². The van der Waals surface area contributed by atoms with Crippen LogP contribution in [0.3, 0.4) is 0 Å². The summed E-state index contributed by atoms with van der Waals surface area (Å²) >= 11 is 1.72. The molecule has 1 aromatic heterocycles. The molecule has 0 radical (unpaired) electrons. The molecule has 2 fully saturated rings. The normalized spacial score (nSPS) is 17.8. The first kappa shape index (κ1) is 20.1. The average molecular weight is 412 g/mol. The molecule has 5 nitrogen and oxygen atoms in total. The van der Waals surface area contributed by atoms with Crippen molar-refractivity contribution in [3.05, 3.63) is 51.5 Å². The van der Waals surface area contributed by atoms with E-state index in [-0.39, 0.29) is 17.7 Å². The molecule has 29 heavy (non-hydrogen) atoms. The van der Waals surface area contributed by atoms with E-state index in [9.17, 15) is 9.59 Å². The largest absolute Gasteiger partial charge is 0.355 e. The van der Waals surface area contributed by atoms with Gasteiger partial charge in [0.1, 0.15) is 0 Å². The molecule has 4 rings (SSSR count). The number of benzene rings is 1. The van der Waals surface area contributed by atoms with E-state index in [1.54, 1.807) is 11.3 Å².